The number of rotatable bonds is 4. The molecule has 0 aromatic heterocycles. The summed E-state index contributed by atoms with van der Waals surface area (Å²) in [6.45, 7) is 0. The quantitative estimate of drug-likeness (QED) is 0.666. The molecule has 0 atom stereocenters. The normalized spacial score (nSPS) is 10.2. The molecule has 21 heavy (non-hydrogen) atoms. The van der Waals surface area contributed by atoms with Crippen LogP contribution in [0.15, 0.2) is 36.4 Å². The van der Waals surface area contributed by atoms with Gasteiger partial charge in [-0.15, -0.1) is 0 Å². The van der Waals surface area contributed by atoms with E-state index in [2.05, 4.69) is 5.32 Å². The molecule has 8 heteroatoms. The molecule has 2 aromatic rings. The number of aromatic carboxylic acids is 1. The standard InChI is InChI=1S/C13H8F2N2O4/c14-9-5-4-7(6-10(9)15)16-11-3-1-2-8(13(18)19)12(11)17(20)21/h1-6,16H,(H,18,19). The largest absolute Gasteiger partial charge is 0.477 e. The Labute approximate surface area is 116 Å². The highest BCUT2D eigenvalue weighted by Gasteiger charge is 2.24. The van der Waals surface area contributed by atoms with Crippen molar-refractivity contribution in [3.63, 3.8) is 0 Å². The average Bonchev–Trinajstić information content (AvgIpc) is 2.42. The van der Waals surface area contributed by atoms with E-state index in [0.29, 0.717) is 0 Å². The van der Waals surface area contributed by atoms with Crippen molar-refractivity contribution in [2.45, 2.75) is 0 Å². The number of carboxylic acid groups (broad SMARTS) is 1. The first kappa shape index (κ1) is 14.4. The Morgan fingerprint density at radius 3 is 2.48 bits per heavy atom. The third-order valence-electron chi connectivity index (χ3n) is 2.65. The summed E-state index contributed by atoms with van der Waals surface area (Å²) in [5, 5.41) is 22.5. The molecule has 0 aliphatic carbocycles. The molecular formula is C13H8F2N2O4. The second-order valence-corrected chi connectivity index (χ2v) is 4.02. The number of anilines is 2. The third-order valence-corrected chi connectivity index (χ3v) is 2.65. The van der Waals surface area contributed by atoms with Crippen LogP contribution in [-0.2, 0) is 0 Å². The molecule has 0 unspecified atom stereocenters. The van der Waals surface area contributed by atoms with Crippen molar-refractivity contribution in [2.24, 2.45) is 0 Å². The van der Waals surface area contributed by atoms with Gasteiger partial charge in [0.2, 0.25) is 0 Å². The average molecular weight is 294 g/mol. The van der Waals surface area contributed by atoms with Crippen LogP contribution in [0.2, 0.25) is 0 Å². The predicted molar refractivity (Wildman–Crippen MR) is 69.7 cm³/mol. The van der Waals surface area contributed by atoms with Gasteiger partial charge in [0.1, 0.15) is 11.3 Å². The summed E-state index contributed by atoms with van der Waals surface area (Å²) in [6, 6.07) is 6.49. The first-order valence-corrected chi connectivity index (χ1v) is 5.63. The topological polar surface area (TPSA) is 92.5 Å². The van der Waals surface area contributed by atoms with Crippen LogP contribution < -0.4 is 5.32 Å². The Kier molecular flexibility index (Phi) is 3.79. The van der Waals surface area contributed by atoms with Crippen molar-refractivity contribution in [3.05, 3.63) is 63.7 Å². The summed E-state index contributed by atoms with van der Waals surface area (Å²) in [7, 11) is 0. The van der Waals surface area contributed by atoms with Gasteiger partial charge in [-0.25, -0.2) is 13.6 Å². The molecule has 0 spiro atoms. The van der Waals surface area contributed by atoms with Crippen LogP contribution >= 0.6 is 0 Å². The smallest absolute Gasteiger partial charge is 0.342 e. The van der Waals surface area contributed by atoms with Gasteiger partial charge in [0.05, 0.1) is 4.92 Å². The van der Waals surface area contributed by atoms with Crippen LogP contribution in [0.4, 0.5) is 25.8 Å². The number of nitro benzene ring substituents is 1. The van der Waals surface area contributed by atoms with E-state index >= 15 is 0 Å². The molecule has 2 rings (SSSR count). The summed E-state index contributed by atoms with van der Waals surface area (Å²) in [4.78, 5) is 21.2. The van der Waals surface area contributed by atoms with Crippen molar-refractivity contribution in [2.75, 3.05) is 5.32 Å². The first-order valence-electron chi connectivity index (χ1n) is 5.63. The van der Waals surface area contributed by atoms with E-state index in [0.717, 1.165) is 18.2 Å². The van der Waals surface area contributed by atoms with E-state index in [9.17, 15) is 23.7 Å². The van der Waals surface area contributed by atoms with Crippen molar-refractivity contribution >= 4 is 23.0 Å². The number of hydrogen-bond donors (Lipinski definition) is 2. The number of para-hydroxylation sites is 1. The minimum absolute atomic E-state index is 0.0551. The predicted octanol–water partition coefficient (Wildman–Crippen LogP) is 3.31. The zero-order chi connectivity index (χ0) is 15.6. The Balaban J connectivity index is 2.48. The van der Waals surface area contributed by atoms with E-state index in [1.54, 1.807) is 0 Å². The summed E-state index contributed by atoms with van der Waals surface area (Å²) < 4.78 is 25.9. The summed E-state index contributed by atoms with van der Waals surface area (Å²) in [5.74, 6) is -3.65. The number of nitro groups is 1. The van der Waals surface area contributed by atoms with Gasteiger partial charge in [-0.3, -0.25) is 10.1 Å². The molecule has 2 aromatic carbocycles. The van der Waals surface area contributed by atoms with Crippen LogP contribution in [-0.4, -0.2) is 16.0 Å². The van der Waals surface area contributed by atoms with Gasteiger partial charge in [0, 0.05) is 11.8 Å². The highest BCUT2D eigenvalue weighted by molar-refractivity contribution is 5.96. The van der Waals surface area contributed by atoms with E-state index in [1.807, 2.05) is 0 Å². The van der Waals surface area contributed by atoms with E-state index in [-0.39, 0.29) is 11.4 Å². The monoisotopic (exact) mass is 294 g/mol. The summed E-state index contributed by atoms with van der Waals surface area (Å²) in [5.41, 5.74) is -1.24. The number of nitrogens with zero attached hydrogens (tertiary/aromatic N) is 1. The van der Waals surface area contributed by atoms with Gasteiger partial charge >= 0.3 is 11.7 Å². The van der Waals surface area contributed by atoms with Crippen molar-refractivity contribution in [3.8, 4) is 0 Å². The van der Waals surface area contributed by atoms with Gasteiger partial charge < -0.3 is 10.4 Å². The Hall–Kier alpha value is -3.03. The van der Waals surface area contributed by atoms with E-state index in [4.69, 9.17) is 5.11 Å². The molecule has 0 amide bonds. The van der Waals surface area contributed by atoms with Crippen LogP contribution in [0, 0.1) is 21.7 Å². The minimum Gasteiger partial charge on any atom is -0.477 e. The second-order valence-electron chi connectivity index (χ2n) is 4.02. The lowest BCUT2D eigenvalue weighted by molar-refractivity contribution is -0.384. The number of carboxylic acids is 1. The molecule has 0 aliphatic heterocycles. The van der Waals surface area contributed by atoms with Crippen LogP contribution in [0.1, 0.15) is 10.4 Å². The molecule has 0 saturated carbocycles. The number of hydrogen-bond acceptors (Lipinski definition) is 4. The molecule has 0 aliphatic rings. The van der Waals surface area contributed by atoms with Crippen molar-refractivity contribution < 1.29 is 23.6 Å². The van der Waals surface area contributed by atoms with E-state index in [1.165, 1.54) is 18.2 Å². The van der Waals surface area contributed by atoms with Crippen LogP contribution in [0.25, 0.3) is 0 Å². The lowest BCUT2D eigenvalue weighted by Gasteiger charge is -2.09. The van der Waals surface area contributed by atoms with Gasteiger partial charge in [-0.05, 0) is 24.3 Å². The van der Waals surface area contributed by atoms with Gasteiger partial charge in [-0.2, -0.15) is 0 Å². The fourth-order valence-electron chi connectivity index (χ4n) is 1.74. The lowest BCUT2D eigenvalue weighted by atomic mass is 10.1. The zero-order valence-corrected chi connectivity index (χ0v) is 10.3. The molecular weight excluding hydrogens is 286 g/mol. The van der Waals surface area contributed by atoms with Gasteiger partial charge in [-0.1, -0.05) is 6.07 Å². The number of nitrogens with one attached hydrogen (secondary N) is 1. The van der Waals surface area contributed by atoms with Gasteiger partial charge in [0.15, 0.2) is 11.6 Å². The summed E-state index contributed by atoms with van der Waals surface area (Å²) >= 11 is 0. The summed E-state index contributed by atoms with van der Waals surface area (Å²) in [6.07, 6.45) is 0. The van der Waals surface area contributed by atoms with Crippen LogP contribution in [0.3, 0.4) is 0 Å². The van der Waals surface area contributed by atoms with Crippen molar-refractivity contribution in [1.82, 2.24) is 0 Å². The fraction of sp³-hybridized carbons (Fsp3) is 0. The molecule has 6 nitrogen and oxygen atoms in total. The number of halogens is 2. The molecule has 108 valence electrons. The highest BCUT2D eigenvalue weighted by Crippen LogP contribution is 2.31. The first-order chi connectivity index (χ1) is 9.90. The molecule has 0 radical (unpaired) electrons. The van der Waals surface area contributed by atoms with Gasteiger partial charge in [0.25, 0.3) is 0 Å². The third kappa shape index (κ3) is 2.94. The Morgan fingerprint density at radius 2 is 1.90 bits per heavy atom. The highest BCUT2D eigenvalue weighted by atomic mass is 19.2. The second kappa shape index (κ2) is 5.53. The Morgan fingerprint density at radius 1 is 1.19 bits per heavy atom. The maximum Gasteiger partial charge on any atom is 0.342 e. The molecule has 0 fully saturated rings. The SMILES string of the molecule is O=C(O)c1cccc(Nc2ccc(F)c(F)c2)c1[N+](=O)[O-]. The van der Waals surface area contributed by atoms with Crippen molar-refractivity contribution in [1.29, 1.82) is 0 Å². The lowest BCUT2D eigenvalue weighted by Crippen LogP contribution is -2.05. The zero-order valence-electron chi connectivity index (χ0n) is 10.3. The maximum atomic E-state index is 13.1. The Bertz CT molecular complexity index is 734. The maximum absolute atomic E-state index is 13.1. The molecule has 0 bridgehead atoms. The molecule has 0 heterocycles. The van der Waals surface area contributed by atoms with E-state index < -0.39 is 33.8 Å². The molecule has 2 N–H and O–H groups in total. The molecule has 0 saturated heterocycles. The fourth-order valence-corrected chi connectivity index (χ4v) is 1.74. The minimum atomic E-state index is -1.46. The van der Waals surface area contributed by atoms with Crippen LogP contribution in [0.5, 0.6) is 0 Å². The number of benzene rings is 2. The number of carbonyl (C=O) groups is 1.